The van der Waals surface area contributed by atoms with Crippen LogP contribution in [0.2, 0.25) is 5.02 Å². The molecule has 2 aromatic rings. The average molecular weight is 279 g/mol. The molecule has 1 unspecified atom stereocenters. The highest BCUT2D eigenvalue weighted by molar-refractivity contribution is 6.30. The van der Waals surface area contributed by atoms with Gasteiger partial charge < -0.3 is 10.2 Å². The molecule has 0 fully saturated rings. The lowest BCUT2D eigenvalue weighted by Gasteiger charge is -2.28. The van der Waals surface area contributed by atoms with Crippen molar-refractivity contribution in [2.75, 3.05) is 13.6 Å². The summed E-state index contributed by atoms with van der Waals surface area (Å²) in [6, 6.07) is 9.95. The van der Waals surface area contributed by atoms with Gasteiger partial charge in [0.1, 0.15) is 5.76 Å². The van der Waals surface area contributed by atoms with E-state index in [4.69, 9.17) is 21.8 Å². The molecule has 4 heteroatoms. The molecular weight excluding hydrogens is 260 g/mol. The van der Waals surface area contributed by atoms with E-state index in [0.717, 1.165) is 22.9 Å². The summed E-state index contributed by atoms with van der Waals surface area (Å²) in [6.45, 7) is 3.35. The molecule has 0 radical (unpaired) electrons. The van der Waals surface area contributed by atoms with Gasteiger partial charge in [0.15, 0.2) is 0 Å². The molecule has 1 heterocycles. The maximum absolute atomic E-state index is 6.00. The standard InChI is InChI=1S/C15H19ClN2O/c1-11-8-12(16)5-6-14(11)15(9-17)18(2)10-13-4-3-7-19-13/h3-8,15H,9-10,17H2,1-2H3. The summed E-state index contributed by atoms with van der Waals surface area (Å²) < 4.78 is 5.38. The number of rotatable bonds is 5. The van der Waals surface area contributed by atoms with Crippen molar-refractivity contribution >= 4 is 11.6 Å². The van der Waals surface area contributed by atoms with E-state index in [1.54, 1.807) is 6.26 Å². The summed E-state index contributed by atoms with van der Waals surface area (Å²) in [5.74, 6) is 0.938. The van der Waals surface area contributed by atoms with Gasteiger partial charge in [0.2, 0.25) is 0 Å². The maximum atomic E-state index is 6.00. The van der Waals surface area contributed by atoms with Crippen molar-refractivity contribution in [2.45, 2.75) is 19.5 Å². The third-order valence-electron chi connectivity index (χ3n) is 3.33. The van der Waals surface area contributed by atoms with Gasteiger partial charge in [-0.15, -0.1) is 0 Å². The van der Waals surface area contributed by atoms with E-state index in [9.17, 15) is 0 Å². The number of nitrogens with zero attached hydrogens (tertiary/aromatic N) is 1. The highest BCUT2D eigenvalue weighted by Gasteiger charge is 2.18. The zero-order valence-electron chi connectivity index (χ0n) is 11.3. The van der Waals surface area contributed by atoms with Gasteiger partial charge in [-0.25, -0.2) is 0 Å². The maximum Gasteiger partial charge on any atom is 0.117 e. The van der Waals surface area contributed by atoms with E-state index in [1.807, 2.05) is 37.4 Å². The van der Waals surface area contributed by atoms with Crippen LogP contribution < -0.4 is 5.73 Å². The Balaban J connectivity index is 2.18. The third kappa shape index (κ3) is 3.38. The highest BCUT2D eigenvalue weighted by Crippen LogP contribution is 2.25. The summed E-state index contributed by atoms with van der Waals surface area (Å²) in [5, 5.41) is 0.755. The van der Waals surface area contributed by atoms with Crippen LogP contribution in [-0.2, 0) is 6.54 Å². The number of nitrogens with two attached hydrogens (primary N) is 1. The second-order valence-corrected chi connectivity index (χ2v) is 5.18. The van der Waals surface area contributed by atoms with Crippen molar-refractivity contribution < 1.29 is 4.42 Å². The summed E-state index contributed by atoms with van der Waals surface area (Å²) in [7, 11) is 2.05. The minimum atomic E-state index is 0.155. The Morgan fingerprint density at radius 2 is 2.16 bits per heavy atom. The van der Waals surface area contributed by atoms with Crippen LogP contribution >= 0.6 is 11.6 Å². The van der Waals surface area contributed by atoms with Gasteiger partial charge >= 0.3 is 0 Å². The molecule has 0 amide bonds. The van der Waals surface area contributed by atoms with E-state index < -0.39 is 0 Å². The Kier molecular flexibility index (Phi) is 4.64. The van der Waals surface area contributed by atoms with Gasteiger partial charge in [0, 0.05) is 17.6 Å². The van der Waals surface area contributed by atoms with Crippen LogP contribution in [-0.4, -0.2) is 18.5 Å². The summed E-state index contributed by atoms with van der Waals surface area (Å²) in [4.78, 5) is 2.19. The first kappa shape index (κ1) is 14.1. The zero-order valence-corrected chi connectivity index (χ0v) is 12.0. The summed E-state index contributed by atoms with van der Waals surface area (Å²) >= 11 is 6.00. The molecule has 2 rings (SSSR count). The average Bonchev–Trinajstić information content (AvgIpc) is 2.85. The molecule has 0 aliphatic rings. The number of likely N-dealkylation sites (N-methyl/N-ethyl adjacent to an activating group) is 1. The molecule has 1 aromatic heterocycles. The molecule has 2 N–H and O–H groups in total. The van der Waals surface area contributed by atoms with Gasteiger partial charge in [-0.1, -0.05) is 17.7 Å². The molecule has 19 heavy (non-hydrogen) atoms. The minimum absolute atomic E-state index is 0.155. The molecule has 0 bridgehead atoms. The number of aryl methyl sites for hydroxylation is 1. The van der Waals surface area contributed by atoms with Gasteiger partial charge in [0.05, 0.1) is 12.8 Å². The lowest BCUT2D eigenvalue weighted by molar-refractivity contribution is 0.222. The van der Waals surface area contributed by atoms with E-state index in [-0.39, 0.29) is 6.04 Å². The van der Waals surface area contributed by atoms with Crippen molar-refractivity contribution in [2.24, 2.45) is 5.73 Å². The number of hydrogen-bond donors (Lipinski definition) is 1. The van der Waals surface area contributed by atoms with Crippen molar-refractivity contribution in [3.05, 3.63) is 58.5 Å². The van der Waals surface area contributed by atoms with Crippen molar-refractivity contribution in [1.29, 1.82) is 0 Å². The van der Waals surface area contributed by atoms with Gasteiger partial charge in [0.25, 0.3) is 0 Å². The number of halogens is 1. The monoisotopic (exact) mass is 278 g/mol. The largest absolute Gasteiger partial charge is 0.468 e. The second-order valence-electron chi connectivity index (χ2n) is 4.75. The first-order valence-electron chi connectivity index (χ1n) is 6.30. The van der Waals surface area contributed by atoms with Gasteiger partial charge in [-0.05, 0) is 49.4 Å². The highest BCUT2D eigenvalue weighted by atomic mass is 35.5. The predicted molar refractivity (Wildman–Crippen MR) is 78.2 cm³/mol. The number of furan rings is 1. The van der Waals surface area contributed by atoms with Crippen LogP contribution in [0.25, 0.3) is 0 Å². The molecule has 0 saturated carbocycles. The molecule has 0 saturated heterocycles. The second kappa shape index (κ2) is 6.24. The van der Waals surface area contributed by atoms with Gasteiger partial charge in [-0.2, -0.15) is 0 Å². The lowest BCUT2D eigenvalue weighted by Crippen LogP contribution is -2.30. The quantitative estimate of drug-likeness (QED) is 0.912. The SMILES string of the molecule is Cc1cc(Cl)ccc1C(CN)N(C)Cc1ccco1. The van der Waals surface area contributed by atoms with Crippen LogP contribution in [0.5, 0.6) is 0 Å². The Labute approximate surface area is 119 Å². The van der Waals surface area contributed by atoms with Crippen LogP contribution in [0.1, 0.15) is 22.9 Å². The number of hydrogen-bond acceptors (Lipinski definition) is 3. The molecular formula is C15H19ClN2O. The van der Waals surface area contributed by atoms with E-state index in [2.05, 4.69) is 11.8 Å². The normalized spacial score (nSPS) is 12.9. The first-order chi connectivity index (χ1) is 9.11. The van der Waals surface area contributed by atoms with Crippen molar-refractivity contribution in [3.63, 3.8) is 0 Å². The molecule has 1 aromatic carbocycles. The summed E-state index contributed by atoms with van der Waals surface area (Å²) in [5.41, 5.74) is 8.31. The van der Waals surface area contributed by atoms with E-state index >= 15 is 0 Å². The predicted octanol–water partition coefficient (Wildman–Crippen LogP) is 3.37. The fraction of sp³-hybridized carbons (Fsp3) is 0.333. The minimum Gasteiger partial charge on any atom is -0.468 e. The lowest BCUT2D eigenvalue weighted by atomic mass is 10.00. The Bertz CT molecular complexity index is 525. The molecule has 102 valence electrons. The molecule has 1 atom stereocenters. The van der Waals surface area contributed by atoms with E-state index in [1.165, 1.54) is 5.56 Å². The Hall–Kier alpha value is -1.29. The van der Waals surface area contributed by atoms with Crippen LogP contribution in [0.15, 0.2) is 41.0 Å². The molecule has 0 aliphatic heterocycles. The zero-order chi connectivity index (χ0) is 13.8. The Morgan fingerprint density at radius 3 is 2.74 bits per heavy atom. The fourth-order valence-corrected chi connectivity index (χ4v) is 2.54. The van der Waals surface area contributed by atoms with Crippen molar-refractivity contribution in [1.82, 2.24) is 4.90 Å². The van der Waals surface area contributed by atoms with Gasteiger partial charge in [-0.3, -0.25) is 4.90 Å². The first-order valence-corrected chi connectivity index (χ1v) is 6.68. The molecule has 3 nitrogen and oxygen atoms in total. The fourth-order valence-electron chi connectivity index (χ4n) is 2.32. The Morgan fingerprint density at radius 1 is 1.37 bits per heavy atom. The van der Waals surface area contributed by atoms with Crippen LogP contribution in [0.4, 0.5) is 0 Å². The molecule has 0 spiro atoms. The summed E-state index contributed by atoms with van der Waals surface area (Å²) in [6.07, 6.45) is 1.69. The van der Waals surface area contributed by atoms with E-state index in [0.29, 0.717) is 6.54 Å². The van der Waals surface area contributed by atoms with Crippen LogP contribution in [0, 0.1) is 6.92 Å². The van der Waals surface area contributed by atoms with Crippen molar-refractivity contribution in [3.8, 4) is 0 Å². The smallest absolute Gasteiger partial charge is 0.117 e. The topological polar surface area (TPSA) is 42.4 Å². The molecule has 0 aliphatic carbocycles. The number of benzene rings is 1. The third-order valence-corrected chi connectivity index (χ3v) is 3.57. The van der Waals surface area contributed by atoms with Crippen LogP contribution in [0.3, 0.4) is 0 Å².